The molecule has 0 atom stereocenters. The molecular weight excluding hydrogens is 550 g/mol. The minimum Gasteiger partial charge on any atom is -0.489 e. The van der Waals surface area contributed by atoms with Crippen molar-refractivity contribution in [3.8, 4) is 0 Å². The molecule has 180 valence electrons. The Bertz CT molecular complexity index is 392. The third kappa shape index (κ3) is 19.8. The maximum absolute atomic E-state index is 5.54. The summed E-state index contributed by atoms with van der Waals surface area (Å²) in [6.07, 6.45) is 14.3. The summed E-state index contributed by atoms with van der Waals surface area (Å²) in [6, 6.07) is 0. The summed E-state index contributed by atoms with van der Waals surface area (Å²) in [7, 11) is 0. The van der Waals surface area contributed by atoms with Gasteiger partial charge >= 0.3 is 19.5 Å². The summed E-state index contributed by atoms with van der Waals surface area (Å²) < 4.78 is 1.92. The molecule has 2 nitrogen and oxygen atoms in total. The van der Waals surface area contributed by atoms with Crippen molar-refractivity contribution in [1.82, 2.24) is 0 Å². The van der Waals surface area contributed by atoms with Gasteiger partial charge in [-0.2, -0.15) is 0 Å². The van der Waals surface area contributed by atoms with Gasteiger partial charge in [0.2, 0.25) is 0 Å². The van der Waals surface area contributed by atoms with Crippen LogP contribution in [0.2, 0.25) is 0 Å². The Morgan fingerprint density at radius 1 is 0.516 bits per heavy atom. The number of rotatable bonds is 16. The van der Waals surface area contributed by atoms with Crippen LogP contribution in [0.4, 0.5) is 0 Å². The normalized spacial score (nSPS) is 11.3. The molecule has 0 amide bonds. The first-order valence-electron chi connectivity index (χ1n) is 11.7. The van der Waals surface area contributed by atoms with Crippen LogP contribution in [-0.4, -0.2) is 42.6 Å². The molecule has 0 radical (unpaired) electrons. The molecule has 0 bridgehead atoms. The van der Waals surface area contributed by atoms with E-state index < -0.39 is 0 Å². The number of hydrogen-bond acceptors (Lipinski definition) is 6. The monoisotopic (exact) mass is 592 g/mol. The summed E-state index contributed by atoms with van der Waals surface area (Å²) in [5.74, 6) is 0. The van der Waals surface area contributed by atoms with Crippen LogP contribution in [0.25, 0.3) is 0 Å². The number of unbranched alkanes of at least 4 members (excludes halogenated alkanes) is 8. The Kier molecular flexibility index (Phi) is 28.5. The molecule has 0 aliphatic carbocycles. The van der Waals surface area contributed by atoms with E-state index in [-0.39, 0.29) is 19.5 Å². The molecule has 0 aliphatic rings. The molecule has 31 heavy (non-hydrogen) atoms. The van der Waals surface area contributed by atoms with E-state index in [0.29, 0.717) is 16.4 Å². The van der Waals surface area contributed by atoms with Crippen LogP contribution in [0.3, 0.4) is 0 Å². The number of hydrogen-bond donors (Lipinski definition) is 0. The van der Waals surface area contributed by atoms with E-state index in [1.807, 2.05) is 0 Å². The number of thiocarbonyl (C=S) groups is 2. The minimum absolute atomic E-state index is 0. The van der Waals surface area contributed by atoms with Crippen molar-refractivity contribution >= 4 is 84.0 Å². The van der Waals surface area contributed by atoms with Crippen molar-refractivity contribution in [2.24, 2.45) is 0 Å². The van der Waals surface area contributed by atoms with Crippen molar-refractivity contribution in [3.05, 3.63) is 0 Å². The van der Waals surface area contributed by atoms with Crippen LogP contribution in [0, 0.1) is 0 Å². The summed E-state index contributed by atoms with van der Waals surface area (Å²) in [6.45, 7) is 12.5. The first kappa shape index (κ1) is 37.4. The number of quaternary nitrogens is 2. The van der Waals surface area contributed by atoms with E-state index in [1.54, 1.807) is 0 Å². The Hall–Kier alpha value is 1.86. The van der Waals surface area contributed by atoms with Crippen molar-refractivity contribution in [2.45, 2.75) is 105 Å². The van der Waals surface area contributed by atoms with Gasteiger partial charge in [0.25, 0.3) is 0 Å². The molecule has 0 saturated heterocycles. The molecule has 0 N–H and O–H groups in total. The number of nitrogens with zero attached hydrogens (tertiary/aromatic N) is 2. The Labute approximate surface area is 240 Å². The summed E-state index contributed by atoms with van der Waals surface area (Å²) >= 11 is 31.5. The largest absolute Gasteiger partial charge is 2.00 e. The third-order valence-electron chi connectivity index (χ3n) is 5.16. The van der Waals surface area contributed by atoms with Crippen LogP contribution in [0.1, 0.15) is 105 Å². The molecule has 0 aliphatic heterocycles. The quantitative estimate of drug-likeness (QED) is 0.0620. The second kappa shape index (κ2) is 23.6. The molecule has 9 heteroatoms. The Balaban J connectivity index is -0.000000490. The van der Waals surface area contributed by atoms with E-state index in [0.717, 1.165) is 51.9 Å². The Morgan fingerprint density at radius 2 is 0.710 bits per heavy atom. The fourth-order valence-electron chi connectivity index (χ4n) is 3.06. The molecule has 0 heterocycles. The topological polar surface area (TPSA) is 0 Å². The van der Waals surface area contributed by atoms with Crippen LogP contribution < -0.4 is 0 Å². The van der Waals surface area contributed by atoms with E-state index in [1.165, 1.54) is 51.4 Å². The predicted molar refractivity (Wildman–Crippen MR) is 153 cm³/mol. The van der Waals surface area contributed by atoms with Crippen molar-refractivity contribution in [1.29, 1.82) is 0 Å². The zero-order valence-electron chi connectivity index (χ0n) is 20.4. The van der Waals surface area contributed by atoms with Gasteiger partial charge in [0.1, 0.15) is 0 Å². The van der Waals surface area contributed by atoms with E-state index >= 15 is 0 Å². The van der Waals surface area contributed by atoms with Crippen LogP contribution in [-0.2, 0) is 70.4 Å². The van der Waals surface area contributed by atoms with Crippen LogP contribution >= 0.6 is 24.4 Å². The van der Waals surface area contributed by atoms with Gasteiger partial charge in [0, 0.05) is 8.64 Å². The van der Waals surface area contributed by atoms with Gasteiger partial charge in [0.05, 0.1) is 26.2 Å². The molecule has 0 fully saturated rings. The molecule has 0 aromatic heterocycles. The fraction of sp³-hybridized carbons (Fsp3) is 0.909. The zero-order valence-corrected chi connectivity index (χ0v) is 28.2. The zero-order chi connectivity index (χ0) is 23.5. The van der Waals surface area contributed by atoms with Gasteiger partial charge in [-0.1, -0.05) is 53.4 Å². The van der Waals surface area contributed by atoms with Gasteiger partial charge in [-0.15, -0.1) is 0 Å². The van der Waals surface area contributed by atoms with Crippen LogP contribution in [0.15, 0.2) is 0 Å². The van der Waals surface area contributed by atoms with Gasteiger partial charge in [-0.25, -0.2) is 0 Å². The minimum atomic E-state index is 0. The molecular formula is C22H44N2S6Zn. The average molecular weight is 594 g/mol. The molecule has 0 rings (SSSR count). The molecule has 0 aromatic carbocycles. The van der Waals surface area contributed by atoms with Crippen molar-refractivity contribution in [2.75, 3.05) is 26.2 Å². The van der Waals surface area contributed by atoms with E-state index in [4.69, 9.17) is 75.3 Å². The van der Waals surface area contributed by atoms with E-state index in [2.05, 4.69) is 27.7 Å². The predicted octanol–water partition coefficient (Wildman–Crippen LogP) is 6.95. The first-order chi connectivity index (χ1) is 14.1. The van der Waals surface area contributed by atoms with Gasteiger partial charge < -0.3 is 83.1 Å². The van der Waals surface area contributed by atoms with E-state index in [9.17, 15) is 0 Å². The van der Waals surface area contributed by atoms with Crippen LogP contribution in [0.5, 0.6) is 0 Å². The molecule has 0 spiro atoms. The SMILES string of the molecule is CCCCC[N+]([S-])(CCCCC)C(=S)[S-].CCCCC[N+]([S-])(CCCCC)C(=S)[S-].[Zn+2]. The Morgan fingerprint density at radius 3 is 0.839 bits per heavy atom. The summed E-state index contributed by atoms with van der Waals surface area (Å²) in [5, 5.41) is 0. The summed E-state index contributed by atoms with van der Waals surface area (Å²) in [5.41, 5.74) is 0. The molecule has 0 saturated carbocycles. The molecule has 0 aromatic rings. The maximum Gasteiger partial charge on any atom is 2.00 e. The second-order valence-electron chi connectivity index (χ2n) is 8.03. The summed E-state index contributed by atoms with van der Waals surface area (Å²) in [4.78, 5) is 0. The maximum atomic E-state index is 5.54. The van der Waals surface area contributed by atoms with Gasteiger partial charge in [-0.05, 0) is 51.4 Å². The average Bonchev–Trinajstić information content (AvgIpc) is 2.69. The fourth-order valence-corrected chi connectivity index (χ4v) is 4.30. The van der Waals surface area contributed by atoms with Crippen molar-refractivity contribution in [3.63, 3.8) is 0 Å². The molecule has 0 unspecified atom stereocenters. The standard InChI is InChI=1S/2C11H23NS3.Zn/c2*1-3-5-7-9-12(15,11(13)14)10-8-6-4-2;/h2*3-10H2,1-2H3,(H,13,14);/q;;+2/p-2. The van der Waals surface area contributed by atoms with Gasteiger partial charge in [-0.3, -0.25) is 0 Å². The van der Waals surface area contributed by atoms with Gasteiger partial charge in [0.15, 0.2) is 0 Å². The smallest absolute Gasteiger partial charge is 0.489 e. The third-order valence-corrected chi connectivity index (χ3v) is 8.11. The first-order valence-corrected chi connectivity index (χ1v) is 14.1. The van der Waals surface area contributed by atoms with Crippen molar-refractivity contribution < 1.29 is 27.3 Å². The second-order valence-corrected chi connectivity index (χ2v) is 11.5.